The quantitative estimate of drug-likeness (QED) is 0.440. The van der Waals surface area contributed by atoms with Crippen LogP contribution in [-0.4, -0.2) is 20.9 Å². The van der Waals surface area contributed by atoms with Gasteiger partial charge in [-0.15, -0.1) is 0 Å². The Balaban J connectivity index is 1.45. The van der Waals surface area contributed by atoms with E-state index in [9.17, 15) is 9.18 Å². The van der Waals surface area contributed by atoms with E-state index >= 15 is 0 Å². The number of benzene rings is 1. The number of pyridine rings is 2. The van der Waals surface area contributed by atoms with E-state index in [1.165, 1.54) is 12.3 Å². The predicted octanol–water partition coefficient (Wildman–Crippen LogP) is 3.73. The lowest BCUT2D eigenvalue weighted by Gasteiger charge is -2.08. The van der Waals surface area contributed by atoms with Crippen LogP contribution >= 0.6 is 11.6 Å². The summed E-state index contributed by atoms with van der Waals surface area (Å²) in [4.78, 5) is 23.9. The molecule has 4 N–H and O–H groups in total. The smallest absolute Gasteiger partial charge is 0.253 e. The lowest BCUT2D eigenvalue weighted by molar-refractivity contribution is 0.0950. The fourth-order valence-corrected chi connectivity index (χ4v) is 3.40. The van der Waals surface area contributed by atoms with Crippen molar-refractivity contribution in [2.75, 3.05) is 0 Å². The molecule has 1 amide bonds. The monoisotopic (exact) mass is 423 g/mol. The fraction of sp³-hybridized carbons (Fsp3) is 0.136. The molecular formula is C22H19ClFN5O. The van der Waals surface area contributed by atoms with Crippen LogP contribution in [-0.2, 0) is 19.5 Å². The zero-order valence-corrected chi connectivity index (χ0v) is 16.7. The number of aromatic nitrogens is 3. The molecule has 0 saturated carbocycles. The first-order valence-corrected chi connectivity index (χ1v) is 9.72. The van der Waals surface area contributed by atoms with Crippen molar-refractivity contribution < 1.29 is 9.18 Å². The summed E-state index contributed by atoms with van der Waals surface area (Å²) in [5, 5.41) is 3.95. The Hall–Kier alpha value is -3.29. The first-order valence-electron chi connectivity index (χ1n) is 9.34. The number of nitrogens with one attached hydrogen (secondary N) is 2. The van der Waals surface area contributed by atoms with Crippen molar-refractivity contribution in [1.82, 2.24) is 20.3 Å². The molecule has 4 aromatic rings. The minimum atomic E-state index is -0.415. The second kappa shape index (κ2) is 8.61. The van der Waals surface area contributed by atoms with Crippen LogP contribution < -0.4 is 11.1 Å². The summed E-state index contributed by atoms with van der Waals surface area (Å²) in [6, 6.07) is 8.60. The SMILES string of the molecule is NCc1ccc(Cc2cncc(C(=O)NCc3cc4c(Cl)c[nH]c4cc3F)c2)cn1. The molecule has 30 heavy (non-hydrogen) atoms. The number of nitrogens with two attached hydrogens (primary N) is 1. The highest BCUT2D eigenvalue weighted by molar-refractivity contribution is 6.35. The Morgan fingerprint density at radius 2 is 2.03 bits per heavy atom. The molecule has 1 aromatic carbocycles. The van der Waals surface area contributed by atoms with Gasteiger partial charge in [-0.1, -0.05) is 17.7 Å². The second-order valence-corrected chi connectivity index (χ2v) is 7.34. The van der Waals surface area contributed by atoms with Gasteiger partial charge in [-0.3, -0.25) is 14.8 Å². The molecule has 6 nitrogen and oxygen atoms in total. The van der Waals surface area contributed by atoms with Crippen molar-refractivity contribution in [2.45, 2.75) is 19.5 Å². The van der Waals surface area contributed by atoms with Gasteiger partial charge in [0, 0.05) is 60.8 Å². The van der Waals surface area contributed by atoms with E-state index in [1.54, 1.807) is 30.7 Å². The molecule has 3 aromatic heterocycles. The van der Waals surface area contributed by atoms with Gasteiger partial charge in [0.25, 0.3) is 5.91 Å². The third kappa shape index (κ3) is 4.32. The average molecular weight is 424 g/mol. The Morgan fingerprint density at radius 1 is 1.17 bits per heavy atom. The number of amides is 1. The van der Waals surface area contributed by atoms with Gasteiger partial charge in [0.2, 0.25) is 0 Å². The van der Waals surface area contributed by atoms with Gasteiger partial charge in [-0.25, -0.2) is 4.39 Å². The lowest BCUT2D eigenvalue weighted by Crippen LogP contribution is -2.23. The summed E-state index contributed by atoms with van der Waals surface area (Å²) in [6.45, 7) is 0.429. The third-order valence-corrected chi connectivity index (χ3v) is 5.11. The zero-order chi connectivity index (χ0) is 21.1. The molecule has 8 heteroatoms. The van der Waals surface area contributed by atoms with E-state index in [-0.39, 0.29) is 12.5 Å². The maximum Gasteiger partial charge on any atom is 0.253 e. The maximum absolute atomic E-state index is 14.3. The number of carbonyl (C=O) groups is 1. The van der Waals surface area contributed by atoms with Crippen LogP contribution in [0.5, 0.6) is 0 Å². The minimum Gasteiger partial charge on any atom is -0.360 e. The highest BCUT2D eigenvalue weighted by Crippen LogP contribution is 2.25. The van der Waals surface area contributed by atoms with Crippen molar-refractivity contribution >= 4 is 28.4 Å². The van der Waals surface area contributed by atoms with Crippen LogP contribution in [0.2, 0.25) is 5.02 Å². The molecule has 0 aliphatic heterocycles. The maximum atomic E-state index is 14.3. The average Bonchev–Trinajstić information content (AvgIpc) is 3.12. The van der Waals surface area contributed by atoms with Crippen LogP contribution in [0.3, 0.4) is 0 Å². The van der Waals surface area contributed by atoms with E-state index in [2.05, 4.69) is 20.3 Å². The summed E-state index contributed by atoms with van der Waals surface area (Å²) in [7, 11) is 0. The van der Waals surface area contributed by atoms with Crippen LogP contribution in [0.4, 0.5) is 4.39 Å². The number of H-pyrrole nitrogens is 1. The summed E-state index contributed by atoms with van der Waals surface area (Å²) in [5.74, 6) is -0.748. The summed E-state index contributed by atoms with van der Waals surface area (Å²) in [6.07, 6.45) is 7.14. The van der Waals surface area contributed by atoms with E-state index in [1.807, 2.05) is 12.1 Å². The van der Waals surface area contributed by atoms with Crippen molar-refractivity contribution in [3.63, 3.8) is 0 Å². The van der Waals surface area contributed by atoms with Crippen LogP contribution in [0, 0.1) is 5.82 Å². The molecule has 0 aliphatic carbocycles. The number of rotatable bonds is 6. The summed E-state index contributed by atoms with van der Waals surface area (Å²) in [5.41, 5.74) is 9.61. The van der Waals surface area contributed by atoms with Crippen molar-refractivity contribution in [2.24, 2.45) is 5.73 Å². The number of aromatic amines is 1. The molecule has 0 aliphatic rings. The first kappa shape index (κ1) is 20.0. The number of carbonyl (C=O) groups excluding carboxylic acids is 1. The topological polar surface area (TPSA) is 96.7 Å². The normalized spacial score (nSPS) is 11.0. The molecule has 3 heterocycles. The molecule has 0 fully saturated rings. The van der Waals surface area contributed by atoms with E-state index < -0.39 is 5.82 Å². The highest BCUT2D eigenvalue weighted by Gasteiger charge is 2.12. The molecular weight excluding hydrogens is 405 g/mol. The Morgan fingerprint density at radius 3 is 2.80 bits per heavy atom. The van der Waals surface area contributed by atoms with Gasteiger partial charge in [-0.05, 0) is 35.4 Å². The van der Waals surface area contributed by atoms with Crippen molar-refractivity contribution in [1.29, 1.82) is 0 Å². The number of hydrogen-bond donors (Lipinski definition) is 3. The molecule has 0 atom stereocenters. The van der Waals surface area contributed by atoms with Crippen molar-refractivity contribution in [3.05, 3.63) is 93.9 Å². The zero-order valence-electron chi connectivity index (χ0n) is 16.0. The van der Waals surface area contributed by atoms with Gasteiger partial charge in [-0.2, -0.15) is 0 Å². The van der Waals surface area contributed by atoms with Crippen LogP contribution in [0.1, 0.15) is 32.7 Å². The summed E-state index contributed by atoms with van der Waals surface area (Å²) < 4.78 is 14.3. The predicted molar refractivity (Wildman–Crippen MR) is 114 cm³/mol. The number of hydrogen-bond acceptors (Lipinski definition) is 4. The molecule has 152 valence electrons. The summed E-state index contributed by atoms with van der Waals surface area (Å²) >= 11 is 6.10. The third-order valence-electron chi connectivity index (χ3n) is 4.80. The number of halogens is 2. The van der Waals surface area contributed by atoms with Gasteiger partial charge < -0.3 is 16.0 Å². The molecule has 0 unspecified atom stereocenters. The molecule has 0 saturated heterocycles. The molecule has 0 radical (unpaired) electrons. The van der Waals surface area contributed by atoms with E-state index in [0.29, 0.717) is 40.0 Å². The van der Waals surface area contributed by atoms with E-state index in [0.717, 1.165) is 16.8 Å². The van der Waals surface area contributed by atoms with Gasteiger partial charge in [0.1, 0.15) is 5.82 Å². The Bertz CT molecular complexity index is 1210. The van der Waals surface area contributed by atoms with Crippen molar-refractivity contribution in [3.8, 4) is 0 Å². The molecule has 0 spiro atoms. The fourth-order valence-electron chi connectivity index (χ4n) is 3.19. The highest BCUT2D eigenvalue weighted by atomic mass is 35.5. The number of nitrogens with zero attached hydrogens (tertiary/aromatic N) is 2. The standard InChI is InChI=1S/C22H19ClFN5O/c23-19-12-28-21-6-20(24)15(5-18(19)21)11-29-22(30)16-4-14(8-26-10-16)3-13-1-2-17(7-25)27-9-13/h1-2,4-6,8-10,12,28H,3,7,11,25H2,(H,29,30). The minimum absolute atomic E-state index is 0.0385. The number of fused-ring (bicyclic) bond motifs is 1. The van der Waals surface area contributed by atoms with E-state index in [4.69, 9.17) is 17.3 Å². The first-order chi connectivity index (χ1) is 14.5. The largest absolute Gasteiger partial charge is 0.360 e. The van der Waals surface area contributed by atoms with Gasteiger partial charge >= 0.3 is 0 Å². The van der Waals surface area contributed by atoms with Gasteiger partial charge in [0.15, 0.2) is 0 Å². The van der Waals surface area contributed by atoms with Gasteiger partial charge in [0.05, 0.1) is 16.3 Å². The van der Waals surface area contributed by atoms with Crippen LogP contribution in [0.15, 0.2) is 55.1 Å². The molecule has 4 rings (SSSR count). The lowest BCUT2D eigenvalue weighted by atomic mass is 10.1. The van der Waals surface area contributed by atoms with Crippen LogP contribution in [0.25, 0.3) is 10.9 Å². The molecule has 0 bridgehead atoms. The Kier molecular flexibility index (Phi) is 5.74. The second-order valence-electron chi connectivity index (χ2n) is 6.93. The Labute approximate surface area is 177 Å².